The molecule has 2 fully saturated rings. The summed E-state index contributed by atoms with van der Waals surface area (Å²) in [5.74, 6) is 0. The molecule has 2 aliphatic heterocycles. The highest BCUT2D eigenvalue weighted by molar-refractivity contribution is 7.80. The zero-order valence-corrected chi connectivity index (χ0v) is 12.1. The molecule has 0 spiro atoms. The number of likely N-dealkylation sites (tertiary alicyclic amines) is 2. The first kappa shape index (κ1) is 14.6. The first-order valence-electron chi connectivity index (χ1n) is 7.20. The summed E-state index contributed by atoms with van der Waals surface area (Å²) in [7, 11) is 0. The van der Waals surface area contributed by atoms with Crippen LogP contribution >= 0.6 is 12.6 Å². The van der Waals surface area contributed by atoms with Crippen molar-refractivity contribution >= 4 is 12.6 Å². The van der Waals surface area contributed by atoms with Crippen molar-refractivity contribution in [2.75, 3.05) is 39.6 Å². The van der Waals surface area contributed by atoms with Gasteiger partial charge in [-0.2, -0.15) is 0 Å². The van der Waals surface area contributed by atoms with E-state index in [1.807, 2.05) is 0 Å². The summed E-state index contributed by atoms with van der Waals surface area (Å²) >= 11 is 4.33. The fraction of sp³-hybridized carbons (Fsp3) is 1.00. The van der Waals surface area contributed by atoms with E-state index in [9.17, 15) is 0 Å². The highest BCUT2D eigenvalue weighted by atomic mass is 32.1. The maximum atomic E-state index is 5.61. The molecule has 2 saturated heterocycles. The summed E-state index contributed by atoms with van der Waals surface area (Å²) in [6.07, 6.45) is 7.85. The topological polar surface area (TPSA) is 24.9 Å². The Morgan fingerprint density at radius 1 is 0.722 bits per heavy atom. The fourth-order valence-electron chi connectivity index (χ4n) is 2.56. The van der Waals surface area contributed by atoms with Gasteiger partial charge >= 0.3 is 0 Å². The predicted octanol–water partition coefficient (Wildman–Crippen LogP) is 2.12. The Bertz CT molecular complexity index is 197. The predicted molar refractivity (Wildman–Crippen MR) is 75.5 cm³/mol. The van der Waals surface area contributed by atoms with Crippen LogP contribution in [-0.4, -0.2) is 55.1 Å². The van der Waals surface area contributed by atoms with Gasteiger partial charge < -0.3 is 9.47 Å². The molecule has 0 aromatic heterocycles. The third-order valence-corrected chi connectivity index (χ3v) is 3.99. The van der Waals surface area contributed by atoms with Crippen molar-refractivity contribution in [3.63, 3.8) is 0 Å². The van der Waals surface area contributed by atoms with Crippen LogP contribution in [0.25, 0.3) is 0 Å². The van der Waals surface area contributed by atoms with E-state index in [0.717, 1.165) is 26.2 Å². The van der Waals surface area contributed by atoms with Crippen molar-refractivity contribution < 1.29 is 9.47 Å². The second kappa shape index (κ2) is 8.38. The van der Waals surface area contributed by atoms with Crippen molar-refractivity contribution in [2.24, 2.45) is 0 Å². The molecular weight excluding hydrogens is 248 g/mol. The number of nitrogens with zero attached hydrogens (tertiary/aromatic N) is 2. The van der Waals surface area contributed by atoms with E-state index in [1.54, 1.807) is 0 Å². The van der Waals surface area contributed by atoms with Crippen molar-refractivity contribution in [2.45, 2.75) is 44.1 Å². The third kappa shape index (κ3) is 5.45. The van der Waals surface area contributed by atoms with Crippen LogP contribution < -0.4 is 0 Å². The molecule has 0 atom stereocenters. The summed E-state index contributed by atoms with van der Waals surface area (Å²) in [5.41, 5.74) is -0.395. The maximum absolute atomic E-state index is 5.61. The normalized spacial score (nSPS) is 23.7. The summed E-state index contributed by atoms with van der Waals surface area (Å²) in [6.45, 7) is 5.88. The zero-order chi connectivity index (χ0) is 12.6. The van der Waals surface area contributed by atoms with Gasteiger partial charge in [-0.15, -0.1) is 12.6 Å². The molecule has 0 amide bonds. The molecule has 106 valence electrons. The van der Waals surface area contributed by atoms with Gasteiger partial charge in [-0.25, -0.2) is 0 Å². The molecule has 0 saturated carbocycles. The molecule has 0 bridgehead atoms. The Labute approximate surface area is 116 Å². The monoisotopic (exact) mass is 274 g/mol. The minimum Gasteiger partial charge on any atom is -0.328 e. The van der Waals surface area contributed by atoms with Gasteiger partial charge in [-0.05, 0) is 25.7 Å². The van der Waals surface area contributed by atoms with Gasteiger partial charge in [0.25, 0.3) is 0 Å². The van der Waals surface area contributed by atoms with E-state index in [1.165, 1.54) is 38.5 Å². The van der Waals surface area contributed by atoms with Crippen molar-refractivity contribution in [1.29, 1.82) is 0 Å². The van der Waals surface area contributed by atoms with Gasteiger partial charge in [-0.3, -0.25) is 9.80 Å². The summed E-state index contributed by atoms with van der Waals surface area (Å²) in [5, 5.41) is 0. The zero-order valence-electron chi connectivity index (χ0n) is 11.2. The van der Waals surface area contributed by atoms with Gasteiger partial charge in [0, 0.05) is 26.2 Å². The summed E-state index contributed by atoms with van der Waals surface area (Å²) in [4.78, 5) is 4.66. The molecule has 4 nitrogen and oxygen atoms in total. The lowest BCUT2D eigenvalue weighted by Crippen LogP contribution is -2.36. The van der Waals surface area contributed by atoms with Crippen molar-refractivity contribution in [3.8, 4) is 0 Å². The molecule has 2 heterocycles. The first-order valence-corrected chi connectivity index (χ1v) is 7.72. The largest absolute Gasteiger partial charge is 0.328 e. The Morgan fingerprint density at radius 2 is 1.11 bits per heavy atom. The quantitative estimate of drug-likeness (QED) is 0.592. The number of hydrogen-bond acceptors (Lipinski definition) is 5. The van der Waals surface area contributed by atoms with Crippen LogP contribution in [0.1, 0.15) is 38.5 Å². The maximum Gasteiger partial charge on any atom is 0.206 e. The molecule has 0 N–H and O–H groups in total. The number of piperidine rings is 2. The molecule has 0 radical (unpaired) electrons. The average Bonchev–Trinajstić information content (AvgIpc) is 2.45. The SMILES string of the molecule is SC(OCN1CCCCC1)OCN1CCCCC1. The van der Waals surface area contributed by atoms with Gasteiger partial charge in [0.1, 0.15) is 13.5 Å². The number of ether oxygens (including phenoxy) is 2. The standard InChI is InChI=1S/C13H26N2O2S/c18-13(16-11-14-7-3-1-4-8-14)17-12-15-9-5-2-6-10-15/h13,18H,1-12H2. The van der Waals surface area contributed by atoms with E-state index in [4.69, 9.17) is 9.47 Å². The van der Waals surface area contributed by atoms with Crippen LogP contribution in [-0.2, 0) is 9.47 Å². The van der Waals surface area contributed by atoms with Crippen LogP contribution in [0.2, 0.25) is 0 Å². The second-order valence-corrected chi connectivity index (χ2v) is 5.68. The lowest BCUT2D eigenvalue weighted by Gasteiger charge is -2.29. The molecule has 0 unspecified atom stereocenters. The molecule has 0 aromatic rings. The highest BCUT2D eigenvalue weighted by Gasteiger charge is 2.14. The minimum absolute atomic E-state index is 0.395. The summed E-state index contributed by atoms with van der Waals surface area (Å²) < 4.78 is 11.2. The molecular formula is C13H26N2O2S. The van der Waals surface area contributed by atoms with E-state index >= 15 is 0 Å². The number of thiol groups is 1. The highest BCUT2D eigenvalue weighted by Crippen LogP contribution is 2.12. The Kier molecular flexibility index (Phi) is 6.79. The van der Waals surface area contributed by atoms with Gasteiger partial charge in [0.2, 0.25) is 5.62 Å². The first-order chi connectivity index (χ1) is 8.84. The van der Waals surface area contributed by atoms with E-state index < -0.39 is 5.62 Å². The van der Waals surface area contributed by atoms with E-state index in [2.05, 4.69) is 22.4 Å². The fourth-order valence-corrected chi connectivity index (χ4v) is 2.70. The average molecular weight is 274 g/mol. The smallest absolute Gasteiger partial charge is 0.206 e. The van der Waals surface area contributed by atoms with Gasteiger partial charge in [0.15, 0.2) is 0 Å². The van der Waals surface area contributed by atoms with Crippen LogP contribution in [0.5, 0.6) is 0 Å². The van der Waals surface area contributed by atoms with Crippen LogP contribution in [0.3, 0.4) is 0 Å². The Balaban J connectivity index is 1.52. The Hall–Kier alpha value is 0.190. The summed E-state index contributed by atoms with van der Waals surface area (Å²) in [6, 6.07) is 0. The van der Waals surface area contributed by atoms with Crippen molar-refractivity contribution in [1.82, 2.24) is 9.80 Å². The van der Waals surface area contributed by atoms with Gasteiger partial charge in [0.05, 0.1) is 0 Å². The number of hydrogen-bond donors (Lipinski definition) is 1. The Morgan fingerprint density at radius 3 is 1.50 bits per heavy atom. The minimum atomic E-state index is -0.395. The van der Waals surface area contributed by atoms with Crippen LogP contribution in [0.4, 0.5) is 0 Å². The molecule has 2 aliphatic rings. The number of rotatable bonds is 6. The lowest BCUT2D eigenvalue weighted by atomic mass is 10.1. The van der Waals surface area contributed by atoms with E-state index in [0.29, 0.717) is 13.5 Å². The van der Waals surface area contributed by atoms with Crippen LogP contribution in [0.15, 0.2) is 0 Å². The molecule has 0 aromatic carbocycles. The molecule has 0 aliphatic carbocycles. The molecule has 18 heavy (non-hydrogen) atoms. The lowest BCUT2D eigenvalue weighted by molar-refractivity contribution is -0.140. The van der Waals surface area contributed by atoms with Gasteiger partial charge in [-0.1, -0.05) is 12.8 Å². The van der Waals surface area contributed by atoms with Crippen LogP contribution in [0, 0.1) is 0 Å². The third-order valence-electron chi connectivity index (χ3n) is 3.70. The van der Waals surface area contributed by atoms with Crippen molar-refractivity contribution in [3.05, 3.63) is 0 Å². The van der Waals surface area contributed by atoms with E-state index in [-0.39, 0.29) is 0 Å². The molecule has 5 heteroatoms. The molecule has 2 rings (SSSR count). The second-order valence-electron chi connectivity index (χ2n) is 5.26.